The fourth-order valence-corrected chi connectivity index (χ4v) is 3.80. The third-order valence-corrected chi connectivity index (χ3v) is 4.84. The van der Waals surface area contributed by atoms with Crippen molar-refractivity contribution in [2.24, 2.45) is 0 Å². The molecule has 0 aliphatic carbocycles. The van der Waals surface area contributed by atoms with Crippen LogP contribution in [-0.2, 0) is 14.8 Å². The van der Waals surface area contributed by atoms with Gasteiger partial charge in [-0.2, -0.15) is 0 Å². The molecule has 0 atom stereocenters. The normalized spacial score (nSPS) is 18.7. The highest BCUT2D eigenvalue weighted by Crippen LogP contribution is 2.35. The number of para-hydroxylation sites is 1. The molecule has 1 heterocycles. The van der Waals surface area contributed by atoms with Gasteiger partial charge in [-0.1, -0.05) is 32.0 Å². The van der Waals surface area contributed by atoms with Gasteiger partial charge in [0, 0.05) is 6.42 Å². The zero-order valence-corrected chi connectivity index (χ0v) is 11.6. The SMILES string of the molecule is Cc1cccc(C(C)C)c1N1C(=O)CCS1(=O)=O. The van der Waals surface area contributed by atoms with Crippen LogP contribution in [-0.4, -0.2) is 20.1 Å². The van der Waals surface area contributed by atoms with E-state index in [-0.39, 0.29) is 24.0 Å². The maximum atomic E-state index is 12.0. The quantitative estimate of drug-likeness (QED) is 0.825. The van der Waals surface area contributed by atoms with Gasteiger partial charge in [0.25, 0.3) is 0 Å². The van der Waals surface area contributed by atoms with Crippen molar-refractivity contribution in [2.75, 3.05) is 10.1 Å². The fraction of sp³-hybridized carbons (Fsp3) is 0.462. The molecule has 0 saturated carbocycles. The average molecular weight is 267 g/mol. The number of nitrogens with zero attached hydrogens (tertiary/aromatic N) is 1. The number of aryl methyl sites for hydroxylation is 1. The zero-order chi connectivity index (χ0) is 13.5. The standard InChI is InChI=1S/C13H17NO3S/c1-9(2)11-6-4-5-10(3)13(11)14-12(15)7-8-18(14,16)17/h4-6,9H,7-8H2,1-3H3. The van der Waals surface area contributed by atoms with E-state index in [2.05, 4.69) is 0 Å². The first kappa shape index (κ1) is 13.1. The van der Waals surface area contributed by atoms with Crippen LogP contribution in [0.15, 0.2) is 18.2 Å². The van der Waals surface area contributed by atoms with Crippen LogP contribution < -0.4 is 4.31 Å². The van der Waals surface area contributed by atoms with Gasteiger partial charge in [-0.05, 0) is 24.0 Å². The third kappa shape index (κ3) is 2.03. The molecule has 18 heavy (non-hydrogen) atoms. The Morgan fingerprint density at radius 1 is 1.28 bits per heavy atom. The minimum atomic E-state index is -3.48. The van der Waals surface area contributed by atoms with Crippen LogP contribution in [0.4, 0.5) is 5.69 Å². The van der Waals surface area contributed by atoms with Gasteiger partial charge < -0.3 is 0 Å². The first-order chi connectivity index (χ1) is 8.34. The summed E-state index contributed by atoms with van der Waals surface area (Å²) < 4.78 is 25.0. The summed E-state index contributed by atoms with van der Waals surface area (Å²) in [5.74, 6) is -0.243. The van der Waals surface area contributed by atoms with Gasteiger partial charge in [-0.25, -0.2) is 12.7 Å². The number of sulfonamides is 1. The largest absolute Gasteiger partial charge is 0.273 e. The molecule has 4 nitrogen and oxygen atoms in total. The first-order valence-electron chi connectivity index (χ1n) is 6.00. The third-order valence-electron chi connectivity index (χ3n) is 3.17. The lowest BCUT2D eigenvalue weighted by Crippen LogP contribution is -2.31. The average Bonchev–Trinajstić information content (AvgIpc) is 2.53. The van der Waals surface area contributed by atoms with Crippen molar-refractivity contribution in [1.29, 1.82) is 0 Å². The van der Waals surface area contributed by atoms with Crippen LogP contribution in [0.1, 0.15) is 37.3 Å². The molecular weight excluding hydrogens is 250 g/mol. The molecule has 1 aromatic carbocycles. The van der Waals surface area contributed by atoms with E-state index in [0.717, 1.165) is 15.4 Å². The Morgan fingerprint density at radius 2 is 1.94 bits per heavy atom. The number of amides is 1. The zero-order valence-electron chi connectivity index (χ0n) is 10.8. The maximum Gasteiger partial charge on any atom is 0.242 e. The summed E-state index contributed by atoms with van der Waals surface area (Å²) in [6, 6.07) is 5.61. The molecule has 0 radical (unpaired) electrons. The van der Waals surface area contributed by atoms with Crippen LogP contribution in [0.25, 0.3) is 0 Å². The molecule has 0 aromatic heterocycles. The summed E-state index contributed by atoms with van der Waals surface area (Å²) in [5.41, 5.74) is 2.27. The number of benzene rings is 1. The predicted molar refractivity (Wildman–Crippen MR) is 71.2 cm³/mol. The van der Waals surface area contributed by atoms with Crippen molar-refractivity contribution in [2.45, 2.75) is 33.1 Å². The predicted octanol–water partition coefficient (Wildman–Crippen LogP) is 2.18. The Balaban J connectivity index is 2.67. The van der Waals surface area contributed by atoms with E-state index < -0.39 is 10.0 Å². The second kappa shape index (κ2) is 4.39. The summed E-state index contributed by atoms with van der Waals surface area (Å²) in [4.78, 5) is 11.9. The lowest BCUT2D eigenvalue weighted by atomic mass is 9.98. The lowest BCUT2D eigenvalue weighted by Gasteiger charge is -2.22. The number of anilines is 1. The van der Waals surface area contributed by atoms with Crippen LogP contribution in [0.3, 0.4) is 0 Å². The van der Waals surface area contributed by atoms with Gasteiger partial charge in [0.2, 0.25) is 15.9 Å². The summed E-state index contributed by atoms with van der Waals surface area (Å²) in [6.45, 7) is 5.82. The van der Waals surface area contributed by atoms with Gasteiger partial charge in [0.1, 0.15) is 0 Å². The Morgan fingerprint density at radius 3 is 2.44 bits per heavy atom. The summed E-state index contributed by atoms with van der Waals surface area (Å²) in [7, 11) is -3.48. The molecule has 1 aromatic rings. The number of carbonyl (C=O) groups is 1. The molecule has 0 N–H and O–H groups in total. The Hall–Kier alpha value is -1.36. The van der Waals surface area contributed by atoms with E-state index >= 15 is 0 Å². The van der Waals surface area contributed by atoms with Crippen molar-refractivity contribution in [3.8, 4) is 0 Å². The topological polar surface area (TPSA) is 54.5 Å². The number of hydrogen-bond donors (Lipinski definition) is 0. The summed E-state index contributed by atoms with van der Waals surface area (Å²) >= 11 is 0. The lowest BCUT2D eigenvalue weighted by molar-refractivity contribution is -0.116. The van der Waals surface area contributed by atoms with Crippen LogP contribution >= 0.6 is 0 Å². The van der Waals surface area contributed by atoms with Crippen LogP contribution in [0.2, 0.25) is 0 Å². The fourth-order valence-electron chi connectivity index (χ4n) is 2.25. The highest BCUT2D eigenvalue weighted by atomic mass is 32.2. The molecule has 2 rings (SSSR count). The second-order valence-electron chi connectivity index (χ2n) is 4.89. The van der Waals surface area contributed by atoms with Gasteiger partial charge in [0.05, 0.1) is 11.4 Å². The van der Waals surface area contributed by atoms with Crippen molar-refractivity contribution < 1.29 is 13.2 Å². The minimum absolute atomic E-state index is 0.0776. The highest BCUT2D eigenvalue weighted by molar-refractivity contribution is 7.94. The van der Waals surface area contributed by atoms with E-state index in [1.54, 1.807) is 0 Å². The maximum absolute atomic E-state index is 12.0. The molecule has 1 aliphatic rings. The summed E-state index contributed by atoms with van der Waals surface area (Å²) in [6.07, 6.45) is 0.0776. The van der Waals surface area contributed by atoms with E-state index in [1.807, 2.05) is 39.0 Å². The van der Waals surface area contributed by atoms with Crippen molar-refractivity contribution >= 4 is 21.6 Å². The van der Waals surface area contributed by atoms with Gasteiger partial charge in [0.15, 0.2) is 0 Å². The number of carbonyl (C=O) groups excluding carboxylic acids is 1. The highest BCUT2D eigenvalue weighted by Gasteiger charge is 2.38. The van der Waals surface area contributed by atoms with E-state index in [0.29, 0.717) is 5.69 Å². The second-order valence-corrected chi connectivity index (χ2v) is 6.83. The molecule has 1 fully saturated rings. The molecule has 1 amide bonds. The molecule has 98 valence electrons. The molecular formula is C13H17NO3S. The van der Waals surface area contributed by atoms with E-state index in [4.69, 9.17) is 0 Å². The smallest absolute Gasteiger partial charge is 0.242 e. The van der Waals surface area contributed by atoms with Gasteiger partial charge >= 0.3 is 0 Å². The van der Waals surface area contributed by atoms with Crippen LogP contribution in [0, 0.1) is 6.92 Å². The molecule has 5 heteroatoms. The minimum Gasteiger partial charge on any atom is -0.273 e. The molecule has 0 spiro atoms. The Labute approximate surface area is 108 Å². The number of hydrogen-bond acceptors (Lipinski definition) is 3. The Kier molecular flexibility index (Phi) is 3.19. The molecule has 1 aliphatic heterocycles. The van der Waals surface area contributed by atoms with E-state index in [1.165, 1.54) is 0 Å². The van der Waals surface area contributed by atoms with Crippen molar-refractivity contribution in [3.05, 3.63) is 29.3 Å². The molecule has 0 bridgehead atoms. The van der Waals surface area contributed by atoms with E-state index in [9.17, 15) is 13.2 Å². The monoisotopic (exact) mass is 267 g/mol. The molecule has 0 unspecified atom stereocenters. The van der Waals surface area contributed by atoms with Gasteiger partial charge in [-0.3, -0.25) is 4.79 Å². The number of rotatable bonds is 2. The first-order valence-corrected chi connectivity index (χ1v) is 7.61. The van der Waals surface area contributed by atoms with Crippen molar-refractivity contribution in [1.82, 2.24) is 0 Å². The van der Waals surface area contributed by atoms with Crippen LogP contribution in [0.5, 0.6) is 0 Å². The Bertz CT molecular complexity index is 590. The summed E-state index contributed by atoms with van der Waals surface area (Å²) in [5, 5.41) is 0. The molecule has 1 saturated heterocycles. The van der Waals surface area contributed by atoms with Gasteiger partial charge in [-0.15, -0.1) is 0 Å². The van der Waals surface area contributed by atoms with Crippen molar-refractivity contribution in [3.63, 3.8) is 0 Å².